The Hall–Kier alpha value is -6.67. The summed E-state index contributed by atoms with van der Waals surface area (Å²) in [7, 11) is 2.96. The number of benzene rings is 3. The summed E-state index contributed by atoms with van der Waals surface area (Å²) in [5.41, 5.74) is -6.81. The summed E-state index contributed by atoms with van der Waals surface area (Å²) in [6.45, 7) is 6.86. The van der Waals surface area contributed by atoms with Crippen LogP contribution in [0.1, 0.15) is 75.6 Å². The Bertz CT molecular complexity index is 2840. The number of Topliss-reactive ketones (excluding diaryl/α,β-unsaturated/α-hetero) is 1. The van der Waals surface area contributed by atoms with Crippen LogP contribution >= 0.6 is 0 Å². The number of pyridine rings is 1. The van der Waals surface area contributed by atoms with Gasteiger partial charge in [0.2, 0.25) is 11.7 Å². The molecule has 378 valence electrons. The lowest BCUT2D eigenvalue weighted by Crippen LogP contribution is -2.65. The van der Waals surface area contributed by atoms with Gasteiger partial charge in [-0.3, -0.25) is 9.69 Å². The molecular formula is C50H50F8N6O7. The molecule has 4 atom stereocenters. The molecule has 9 rings (SSSR count). The number of halogens is 8. The van der Waals surface area contributed by atoms with Gasteiger partial charge >= 0.3 is 24.5 Å². The first-order chi connectivity index (χ1) is 33.4. The van der Waals surface area contributed by atoms with E-state index in [0.717, 1.165) is 13.0 Å². The van der Waals surface area contributed by atoms with Crippen molar-refractivity contribution in [2.75, 3.05) is 37.2 Å². The van der Waals surface area contributed by atoms with Gasteiger partial charge in [-0.05, 0) is 107 Å². The number of carbonyl (C=O) groups is 2. The number of ketones is 1. The molecule has 0 radical (unpaired) electrons. The van der Waals surface area contributed by atoms with E-state index in [2.05, 4.69) is 15.0 Å². The molecule has 2 aromatic heterocycles. The average Bonchev–Trinajstić information content (AvgIpc) is 4.05. The predicted molar refractivity (Wildman–Crippen MR) is 243 cm³/mol. The van der Waals surface area contributed by atoms with Crippen molar-refractivity contribution in [3.63, 3.8) is 0 Å². The van der Waals surface area contributed by atoms with Gasteiger partial charge in [0.25, 0.3) is 0 Å². The third-order valence-corrected chi connectivity index (χ3v) is 13.6. The number of nitrogens with zero attached hydrogens (tertiary/aromatic N) is 6. The molecule has 4 aliphatic rings. The van der Waals surface area contributed by atoms with E-state index in [1.54, 1.807) is 86.0 Å². The van der Waals surface area contributed by atoms with Gasteiger partial charge in [-0.15, -0.1) is 0 Å². The Morgan fingerprint density at radius 2 is 1.46 bits per heavy atom. The summed E-state index contributed by atoms with van der Waals surface area (Å²) in [6, 6.07) is 11.9. The number of aromatic nitrogens is 3. The van der Waals surface area contributed by atoms with Gasteiger partial charge in [0.05, 0.1) is 49.0 Å². The highest BCUT2D eigenvalue weighted by atomic mass is 19.4. The van der Waals surface area contributed by atoms with Crippen LogP contribution in [0, 0.1) is 24.0 Å². The summed E-state index contributed by atoms with van der Waals surface area (Å²) in [5, 5.41) is -0.196. The molecular weight excluding hydrogens is 949 g/mol. The van der Waals surface area contributed by atoms with Crippen LogP contribution in [-0.4, -0.2) is 95.1 Å². The largest absolute Gasteiger partial charge is 0.497 e. The molecule has 13 nitrogen and oxygen atoms in total. The zero-order valence-electron chi connectivity index (χ0n) is 39.7. The highest BCUT2D eigenvalue weighted by Crippen LogP contribution is 2.52. The van der Waals surface area contributed by atoms with Crippen LogP contribution < -0.4 is 28.7 Å². The third-order valence-electron chi connectivity index (χ3n) is 13.6. The van der Waals surface area contributed by atoms with Crippen LogP contribution in [0.15, 0.2) is 54.6 Å². The number of anilines is 2. The van der Waals surface area contributed by atoms with E-state index in [9.17, 15) is 22.8 Å². The number of hydrogen-bond acceptors (Lipinski definition) is 12. The average molecular weight is 999 g/mol. The number of methoxy groups -OCH3 is 2. The van der Waals surface area contributed by atoms with Gasteiger partial charge in [0.1, 0.15) is 58.0 Å². The van der Waals surface area contributed by atoms with E-state index in [1.165, 1.54) is 19.1 Å². The second-order valence-electron chi connectivity index (χ2n) is 19.5. The Kier molecular flexibility index (Phi) is 12.4. The molecule has 5 aromatic rings. The van der Waals surface area contributed by atoms with E-state index in [1.807, 2.05) is 0 Å². The van der Waals surface area contributed by atoms with Crippen molar-refractivity contribution in [2.45, 2.75) is 116 Å². The van der Waals surface area contributed by atoms with E-state index >= 15 is 22.0 Å². The standard InChI is InChI=1S/C50H50F8N6O7/c1-25-36(49(53,54)55)32(20-34(37(25)51)62(21-27-8-13-30(67-6)14-9-27)22-28-10-15-31(68-7)16-11-28)39-38(52)40-35-42(61-45(60-40)69-24-48(18-19-48)44(65)50(56,57)58)63-23-29-12-17-33(41(63)26(2)70-43(35)59-39)64(29)46(66)71-47(3,4)5/h8-11,13-16,20,26,29,33,41H,12,17-19,21-24H2,1-7H3/t26-,29+,33-,41+/m0/s1. The molecule has 3 aliphatic heterocycles. The van der Waals surface area contributed by atoms with Crippen LogP contribution in [0.5, 0.6) is 23.4 Å². The molecule has 1 aliphatic carbocycles. The van der Waals surface area contributed by atoms with Crippen molar-refractivity contribution in [3.05, 3.63) is 88.5 Å². The third kappa shape index (κ3) is 9.27. The van der Waals surface area contributed by atoms with Crippen molar-refractivity contribution in [2.24, 2.45) is 5.41 Å². The fraction of sp³-hybridized carbons (Fsp3) is 0.460. The molecule has 0 unspecified atom stereocenters. The minimum atomic E-state index is -5.29. The highest BCUT2D eigenvalue weighted by molar-refractivity contribution is 5.98. The molecule has 71 heavy (non-hydrogen) atoms. The van der Waals surface area contributed by atoms with Crippen molar-refractivity contribution in [1.82, 2.24) is 19.9 Å². The monoisotopic (exact) mass is 998 g/mol. The van der Waals surface area contributed by atoms with Crippen molar-refractivity contribution in [1.29, 1.82) is 0 Å². The van der Waals surface area contributed by atoms with Crippen LogP contribution in [0.2, 0.25) is 0 Å². The summed E-state index contributed by atoms with van der Waals surface area (Å²) in [4.78, 5) is 44.4. The van der Waals surface area contributed by atoms with Crippen LogP contribution in [0.3, 0.4) is 0 Å². The second-order valence-corrected chi connectivity index (χ2v) is 19.5. The molecule has 21 heteroatoms. The van der Waals surface area contributed by atoms with E-state index in [0.29, 0.717) is 35.5 Å². The number of rotatable bonds is 12. The number of amides is 1. The Labute approximate surface area is 403 Å². The van der Waals surface area contributed by atoms with E-state index < -0.39 is 118 Å². The summed E-state index contributed by atoms with van der Waals surface area (Å²) in [6.07, 6.45) is -11.4. The second kappa shape index (κ2) is 17.9. The molecule has 2 bridgehead atoms. The smallest absolute Gasteiger partial charge is 0.450 e. The lowest BCUT2D eigenvalue weighted by atomic mass is 9.95. The first-order valence-electron chi connectivity index (χ1n) is 22.9. The minimum Gasteiger partial charge on any atom is -0.497 e. The van der Waals surface area contributed by atoms with E-state index in [-0.39, 0.29) is 49.4 Å². The lowest BCUT2D eigenvalue weighted by Gasteiger charge is -2.48. The van der Waals surface area contributed by atoms with Crippen molar-refractivity contribution < 1.29 is 68.4 Å². The summed E-state index contributed by atoms with van der Waals surface area (Å²) < 4.78 is 151. The maximum atomic E-state index is 17.9. The zero-order chi connectivity index (χ0) is 51.1. The number of alkyl halides is 6. The molecule has 3 fully saturated rings. The van der Waals surface area contributed by atoms with Crippen molar-refractivity contribution >= 4 is 34.3 Å². The maximum absolute atomic E-state index is 17.9. The van der Waals surface area contributed by atoms with E-state index in [4.69, 9.17) is 23.7 Å². The maximum Gasteiger partial charge on any atom is 0.450 e. The molecule has 0 N–H and O–H groups in total. The molecule has 5 heterocycles. The van der Waals surface area contributed by atoms with Crippen LogP contribution in [0.25, 0.3) is 22.2 Å². The number of ether oxygens (including phenoxy) is 5. The summed E-state index contributed by atoms with van der Waals surface area (Å²) >= 11 is 0. The Morgan fingerprint density at radius 3 is 2.00 bits per heavy atom. The Morgan fingerprint density at radius 1 is 0.859 bits per heavy atom. The van der Waals surface area contributed by atoms with Gasteiger partial charge < -0.3 is 33.5 Å². The molecule has 1 amide bonds. The fourth-order valence-corrected chi connectivity index (χ4v) is 10.0. The number of fused-ring (bicyclic) bond motifs is 5. The molecule has 2 saturated heterocycles. The number of carbonyl (C=O) groups excluding carboxylic acids is 2. The number of piperazine rings is 1. The van der Waals surface area contributed by atoms with Gasteiger partial charge in [-0.25, -0.2) is 18.6 Å². The number of hydrogen-bond donors (Lipinski definition) is 0. The molecule has 0 spiro atoms. The van der Waals surface area contributed by atoms with Gasteiger partial charge in [-0.1, -0.05) is 24.3 Å². The van der Waals surface area contributed by atoms with Crippen LogP contribution in [-0.2, 0) is 28.8 Å². The lowest BCUT2D eigenvalue weighted by molar-refractivity contribution is -0.178. The summed E-state index contributed by atoms with van der Waals surface area (Å²) in [5.74, 6) is -4.13. The van der Waals surface area contributed by atoms with Gasteiger partial charge in [0.15, 0.2) is 5.82 Å². The van der Waals surface area contributed by atoms with Gasteiger partial charge in [-0.2, -0.15) is 36.3 Å². The first-order valence-corrected chi connectivity index (χ1v) is 22.9. The Balaban J connectivity index is 1.23. The normalized spacial score (nSPS) is 20.2. The SMILES string of the molecule is COc1ccc(CN(Cc2ccc(OC)cc2)c2cc(-c3nc4c5c(nc(OCC6(C(=O)C(F)(F)F)CC6)nc5c3F)N3C[C@H]5CC[C@@H]([C@H]3[C@H](C)O4)N5C(=O)OC(C)(C)C)c(C(F)(F)F)c(C)c2F)cc1. The van der Waals surface area contributed by atoms with Gasteiger partial charge in [0, 0.05) is 25.2 Å². The molecule has 3 aromatic carbocycles. The molecule has 1 saturated carbocycles. The zero-order valence-corrected chi connectivity index (χ0v) is 39.7. The topological polar surface area (TPSA) is 129 Å². The van der Waals surface area contributed by atoms with Crippen molar-refractivity contribution in [3.8, 4) is 34.6 Å². The fourth-order valence-electron chi connectivity index (χ4n) is 10.0. The van der Waals surface area contributed by atoms with Crippen LogP contribution in [0.4, 0.5) is 51.4 Å². The quantitative estimate of drug-likeness (QED) is 0.110. The minimum absolute atomic E-state index is 0.0496. The predicted octanol–water partition coefficient (Wildman–Crippen LogP) is 10.5. The highest BCUT2D eigenvalue weighted by Gasteiger charge is 2.61. The first kappa shape index (κ1) is 49.3.